The van der Waals surface area contributed by atoms with Gasteiger partial charge in [-0.1, -0.05) is 30.4 Å². The summed E-state index contributed by atoms with van der Waals surface area (Å²) in [6.07, 6.45) is 10.6. The van der Waals surface area contributed by atoms with E-state index in [0.717, 1.165) is 6.61 Å². The Hall–Kier alpha value is -0.820. The lowest BCUT2D eigenvalue weighted by atomic mass is 10.2. The SMILES string of the molecule is C\C=C/C=C\C(=C/C)C1CO1. The van der Waals surface area contributed by atoms with E-state index < -0.39 is 0 Å². The summed E-state index contributed by atoms with van der Waals surface area (Å²) in [5.74, 6) is 0. The molecule has 0 bridgehead atoms. The maximum Gasteiger partial charge on any atom is 0.106 e. The average molecular weight is 150 g/mol. The Kier molecular flexibility index (Phi) is 3.12. The van der Waals surface area contributed by atoms with Crippen LogP contribution in [0.1, 0.15) is 13.8 Å². The molecule has 0 spiro atoms. The van der Waals surface area contributed by atoms with Gasteiger partial charge in [-0.05, 0) is 19.4 Å². The highest BCUT2D eigenvalue weighted by molar-refractivity contribution is 5.27. The van der Waals surface area contributed by atoms with E-state index in [4.69, 9.17) is 4.74 Å². The van der Waals surface area contributed by atoms with E-state index >= 15 is 0 Å². The first-order valence-electron chi connectivity index (χ1n) is 3.95. The number of hydrogen-bond donors (Lipinski definition) is 0. The number of hydrogen-bond acceptors (Lipinski definition) is 1. The fourth-order valence-corrected chi connectivity index (χ4v) is 0.908. The van der Waals surface area contributed by atoms with Crippen LogP contribution < -0.4 is 0 Å². The first-order valence-corrected chi connectivity index (χ1v) is 3.95. The van der Waals surface area contributed by atoms with Gasteiger partial charge in [-0.15, -0.1) is 0 Å². The summed E-state index contributed by atoms with van der Waals surface area (Å²) in [6.45, 7) is 4.93. The predicted molar refractivity (Wildman–Crippen MR) is 47.5 cm³/mol. The highest BCUT2D eigenvalue weighted by Crippen LogP contribution is 2.20. The van der Waals surface area contributed by atoms with Gasteiger partial charge in [0.2, 0.25) is 0 Å². The Morgan fingerprint density at radius 3 is 2.55 bits per heavy atom. The maximum atomic E-state index is 5.15. The summed E-state index contributed by atoms with van der Waals surface area (Å²) < 4.78 is 5.15. The highest BCUT2D eigenvalue weighted by Gasteiger charge is 2.24. The van der Waals surface area contributed by atoms with E-state index in [1.165, 1.54) is 5.57 Å². The van der Waals surface area contributed by atoms with Crippen molar-refractivity contribution < 1.29 is 4.74 Å². The molecule has 60 valence electrons. The topological polar surface area (TPSA) is 12.5 Å². The van der Waals surface area contributed by atoms with Crippen LogP contribution in [0.2, 0.25) is 0 Å². The van der Waals surface area contributed by atoms with Crippen molar-refractivity contribution >= 4 is 0 Å². The van der Waals surface area contributed by atoms with Crippen molar-refractivity contribution in [2.24, 2.45) is 0 Å². The van der Waals surface area contributed by atoms with Crippen LogP contribution in [0.4, 0.5) is 0 Å². The van der Waals surface area contributed by atoms with Gasteiger partial charge in [0, 0.05) is 0 Å². The van der Waals surface area contributed by atoms with Gasteiger partial charge in [-0.3, -0.25) is 0 Å². The van der Waals surface area contributed by atoms with Crippen LogP contribution in [0.3, 0.4) is 0 Å². The third kappa shape index (κ3) is 2.72. The van der Waals surface area contributed by atoms with Crippen molar-refractivity contribution in [3.05, 3.63) is 36.0 Å². The standard InChI is InChI=1S/C10H14O/c1-3-5-6-7-9(4-2)10-8-11-10/h3-7,10H,8H2,1-2H3/b5-3-,7-6-,9-4+. The van der Waals surface area contributed by atoms with Crippen LogP contribution in [0.5, 0.6) is 0 Å². The zero-order chi connectivity index (χ0) is 8.10. The second-order valence-corrected chi connectivity index (χ2v) is 2.50. The molecule has 0 saturated carbocycles. The largest absolute Gasteiger partial charge is 0.368 e. The van der Waals surface area contributed by atoms with Gasteiger partial charge in [-0.25, -0.2) is 0 Å². The first kappa shape index (κ1) is 8.28. The summed E-state index contributed by atoms with van der Waals surface area (Å²) in [5.41, 5.74) is 1.28. The molecule has 0 aromatic rings. The zero-order valence-electron chi connectivity index (χ0n) is 7.08. The lowest BCUT2D eigenvalue weighted by Crippen LogP contribution is -1.86. The van der Waals surface area contributed by atoms with E-state index in [9.17, 15) is 0 Å². The zero-order valence-corrected chi connectivity index (χ0v) is 7.08. The average Bonchev–Trinajstić information content (AvgIpc) is 2.81. The van der Waals surface area contributed by atoms with Gasteiger partial charge >= 0.3 is 0 Å². The van der Waals surface area contributed by atoms with Crippen molar-refractivity contribution in [1.29, 1.82) is 0 Å². The minimum atomic E-state index is 0.376. The molecule has 1 aliphatic heterocycles. The molecule has 0 aromatic heterocycles. The predicted octanol–water partition coefficient (Wildman–Crippen LogP) is 2.46. The molecule has 1 unspecified atom stereocenters. The van der Waals surface area contributed by atoms with E-state index in [2.05, 4.69) is 12.2 Å². The van der Waals surface area contributed by atoms with Crippen LogP contribution in [-0.4, -0.2) is 12.7 Å². The summed E-state index contributed by atoms with van der Waals surface area (Å²) in [6, 6.07) is 0. The molecule has 1 rings (SSSR count). The molecule has 0 aliphatic carbocycles. The second-order valence-electron chi connectivity index (χ2n) is 2.50. The molecule has 0 N–H and O–H groups in total. The van der Waals surface area contributed by atoms with Crippen LogP contribution in [0.25, 0.3) is 0 Å². The summed E-state index contributed by atoms with van der Waals surface area (Å²) in [5, 5.41) is 0. The Morgan fingerprint density at radius 2 is 2.09 bits per heavy atom. The van der Waals surface area contributed by atoms with Gasteiger partial charge in [0.05, 0.1) is 6.61 Å². The van der Waals surface area contributed by atoms with Crippen molar-refractivity contribution in [2.45, 2.75) is 20.0 Å². The van der Waals surface area contributed by atoms with Gasteiger partial charge in [0.15, 0.2) is 0 Å². The van der Waals surface area contributed by atoms with Gasteiger partial charge in [0.1, 0.15) is 6.10 Å². The number of epoxide rings is 1. The summed E-state index contributed by atoms with van der Waals surface area (Å²) in [7, 11) is 0. The van der Waals surface area contributed by atoms with Gasteiger partial charge in [0.25, 0.3) is 0 Å². The van der Waals surface area contributed by atoms with E-state index in [-0.39, 0.29) is 0 Å². The van der Waals surface area contributed by atoms with E-state index in [0.29, 0.717) is 6.10 Å². The molecule has 1 atom stereocenters. The molecule has 11 heavy (non-hydrogen) atoms. The maximum absolute atomic E-state index is 5.15. The number of rotatable bonds is 3. The molecule has 1 saturated heterocycles. The van der Waals surface area contributed by atoms with Gasteiger partial charge in [-0.2, -0.15) is 0 Å². The number of ether oxygens (including phenoxy) is 1. The molecule has 0 amide bonds. The van der Waals surface area contributed by atoms with E-state index in [1.807, 2.05) is 32.1 Å². The molecule has 1 heteroatoms. The number of allylic oxidation sites excluding steroid dienone is 4. The summed E-state index contributed by atoms with van der Waals surface area (Å²) in [4.78, 5) is 0. The Labute approximate surface area is 68.1 Å². The van der Waals surface area contributed by atoms with Crippen molar-refractivity contribution in [3.8, 4) is 0 Å². The minimum absolute atomic E-state index is 0.376. The van der Waals surface area contributed by atoms with Crippen LogP contribution in [0.15, 0.2) is 36.0 Å². The van der Waals surface area contributed by atoms with Crippen molar-refractivity contribution in [2.75, 3.05) is 6.61 Å². The molecule has 1 fully saturated rings. The molecular weight excluding hydrogens is 136 g/mol. The molecule has 0 aromatic carbocycles. The van der Waals surface area contributed by atoms with Crippen LogP contribution in [0, 0.1) is 0 Å². The third-order valence-corrected chi connectivity index (χ3v) is 1.63. The smallest absolute Gasteiger partial charge is 0.106 e. The minimum Gasteiger partial charge on any atom is -0.368 e. The first-order chi connectivity index (χ1) is 5.38. The highest BCUT2D eigenvalue weighted by atomic mass is 16.6. The summed E-state index contributed by atoms with van der Waals surface area (Å²) >= 11 is 0. The molecule has 1 nitrogen and oxygen atoms in total. The normalized spacial score (nSPS) is 25.3. The Balaban J connectivity index is 2.43. The van der Waals surface area contributed by atoms with E-state index in [1.54, 1.807) is 0 Å². The fourth-order valence-electron chi connectivity index (χ4n) is 0.908. The lowest BCUT2D eigenvalue weighted by Gasteiger charge is -1.90. The Morgan fingerprint density at radius 1 is 1.36 bits per heavy atom. The van der Waals surface area contributed by atoms with Crippen molar-refractivity contribution in [1.82, 2.24) is 0 Å². The van der Waals surface area contributed by atoms with Crippen molar-refractivity contribution in [3.63, 3.8) is 0 Å². The molecular formula is C10H14O. The van der Waals surface area contributed by atoms with Crippen LogP contribution >= 0.6 is 0 Å². The molecule has 0 radical (unpaired) electrons. The Bertz CT molecular complexity index is 195. The monoisotopic (exact) mass is 150 g/mol. The third-order valence-electron chi connectivity index (χ3n) is 1.63. The quantitative estimate of drug-likeness (QED) is 0.444. The van der Waals surface area contributed by atoms with Gasteiger partial charge < -0.3 is 4.74 Å². The fraction of sp³-hybridized carbons (Fsp3) is 0.400. The second kappa shape index (κ2) is 4.14. The molecule has 1 aliphatic rings. The van der Waals surface area contributed by atoms with Crippen LogP contribution in [-0.2, 0) is 4.74 Å². The molecule has 1 heterocycles. The lowest BCUT2D eigenvalue weighted by molar-refractivity contribution is 0.434.